The van der Waals surface area contributed by atoms with Crippen molar-refractivity contribution >= 4 is 18.0 Å². The van der Waals surface area contributed by atoms with Gasteiger partial charge >= 0.3 is 12.1 Å². The third kappa shape index (κ3) is 6.59. The van der Waals surface area contributed by atoms with Crippen LogP contribution in [0.1, 0.15) is 57.1 Å². The normalized spacial score (nSPS) is 13.5. The number of aliphatic carboxylic acids is 1. The number of hydrogen-bond acceptors (Lipinski definition) is 4. The molecule has 0 aliphatic heterocycles. The quantitative estimate of drug-likeness (QED) is 0.561. The Morgan fingerprint density at radius 2 is 1.59 bits per heavy atom. The lowest BCUT2D eigenvalue weighted by molar-refractivity contribution is -0.138. The van der Waals surface area contributed by atoms with E-state index in [9.17, 15) is 14.4 Å². The number of carbonyl (C=O) groups is 3. The summed E-state index contributed by atoms with van der Waals surface area (Å²) < 4.78 is 5.65. The number of benzene rings is 2. The lowest BCUT2D eigenvalue weighted by Gasteiger charge is -2.28. The van der Waals surface area contributed by atoms with E-state index in [0.717, 1.165) is 22.3 Å². The molecule has 7 heteroatoms. The molecule has 1 unspecified atom stereocenters. The van der Waals surface area contributed by atoms with E-state index < -0.39 is 18.1 Å². The predicted octanol–water partition coefficient (Wildman–Crippen LogP) is 4.65. The molecule has 2 aromatic carbocycles. The Bertz CT molecular complexity index is 998. The minimum atomic E-state index is -0.956. The van der Waals surface area contributed by atoms with Crippen LogP contribution in [0.5, 0.6) is 0 Å². The fraction of sp³-hybridized carbons (Fsp3) is 0.444. The first kappa shape index (κ1) is 25.3. The van der Waals surface area contributed by atoms with Crippen molar-refractivity contribution in [2.45, 2.75) is 52.0 Å². The summed E-state index contributed by atoms with van der Waals surface area (Å²) in [6.45, 7) is 6.45. The van der Waals surface area contributed by atoms with Crippen LogP contribution in [0.4, 0.5) is 4.79 Å². The number of carboxylic acids is 1. The Hall–Kier alpha value is -3.35. The number of nitrogens with zero attached hydrogens (tertiary/aromatic N) is 1. The van der Waals surface area contributed by atoms with Gasteiger partial charge in [-0.05, 0) is 34.1 Å². The maximum absolute atomic E-state index is 12.8. The van der Waals surface area contributed by atoms with Crippen LogP contribution in [0, 0.1) is 5.41 Å². The van der Waals surface area contributed by atoms with Crippen molar-refractivity contribution in [2.75, 3.05) is 20.2 Å². The average Bonchev–Trinajstić information content (AvgIpc) is 3.08. The van der Waals surface area contributed by atoms with E-state index in [2.05, 4.69) is 29.6 Å². The Kier molecular flexibility index (Phi) is 7.97. The number of carbonyl (C=O) groups excluding carboxylic acids is 2. The second kappa shape index (κ2) is 10.7. The number of carboxylic acid groups (broad SMARTS) is 1. The summed E-state index contributed by atoms with van der Waals surface area (Å²) in [4.78, 5) is 37.6. The van der Waals surface area contributed by atoms with E-state index >= 15 is 0 Å². The average molecular weight is 467 g/mol. The van der Waals surface area contributed by atoms with Gasteiger partial charge in [0.1, 0.15) is 6.61 Å². The Morgan fingerprint density at radius 3 is 2.12 bits per heavy atom. The minimum Gasteiger partial charge on any atom is -0.481 e. The van der Waals surface area contributed by atoms with Crippen molar-refractivity contribution in [1.82, 2.24) is 10.2 Å². The van der Waals surface area contributed by atoms with Crippen LogP contribution in [-0.4, -0.2) is 54.2 Å². The highest BCUT2D eigenvalue weighted by molar-refractivity contribution is 5.80. The van der Waals surface area contributed by atoms with Gasteiger partial charge in [-0.2, -0.15) is 0 Å². The van der Waals surface area contributed by atoms with Crippen molar-refractivity contribution in [3.8, 4) is 11.1 Å². The second-order valence-electron chi connectivity index (χ2n) is 10.1. The van der Waals surface area contributed by atoms with Gasteiger partial charge < -0.3 is 20.1 Å². The smallest absolute Gasteiger partial charge is 0.407 e. The van der Waals surface area contributed by atoms with E-state index in [4.69, 9.17) is 9.84 Å². The summed E-state index contributed by atoms with van der Waals surface area (Å²) in [7, 11) is 1.58. The molecule has 0 radical (unpaired) electrons. The molecule has 1 aliphatic carbocycles. The van der Waals surface area contributed by atoms with Crippen LogP contribution >= 0.6 is 0 Å². The summed E-state index contributed by atoms with van der Waals surface area (Å²) >= 11 is 0. The molecule has 0 saturated carbocycles. The molecule has 1 atom stereocenters. The minimum absolute atomic E-state index is 0.0389. The molecule has 2 aromatic rings. The second-order valence-corrected chi connectivity index (χ2v) is 10.1. The molecule has 34 heavy (non-hydrogen) atoms. The van der Waals surface area contributed by atoms with Crippen LogP contribution in [0.3, 0.4) is 0 Å². The zero-order valence-electron chi connectivity index (χ0n) is 20.3. The first-order valence-electron chi connectivity index (χ1n) is 11.6. The lowest BCUT2D eigenvalue weighted by Crippen LogP contribution is -2.42. The van der Waals surface area contributed by atoms with E-state index in [0.29, 0.717) is 6.42 Å². The number of nitrogens with one attached hydrogen (secondary N) is 1. The molecular weight excluding hydrogens is 432 g/mol. The van der Waals surface area contributed by atoms with Crippen LogP contribution < -0.4 is 5.32 Å². The monoisotopic (exact) mass is 466 g/mol. The number of ether oxygens (including phenoxy) is 1. The van der Waals surface area contributed by atoms with Crippen LogP contribution in [0.25, 0.3) is 11.1 Å². The number of alkyl carbamates (subject to hydrolysis) is 1. The highest BCUT2D eigenvalue weighted by Crippen LogP contribution is 2.44. The summed E-state index contributed by atoms with van der Waals surface area (Å²) in [6, 6.07) is 15.9. The largest absolute Gasteiger partial charge is 0.481 e. The zero-order chi connectivity index (χ0) is 24.9. The molecular formula is C27H34N2O5. The van der Waals surface area contributed by atoms with Gasteiger partial charge in [0.2, 0.25) is 5.91 Å². The van der Waals surface area contributed by atoms with Gasteiger partial charge in [0.25, 0.3) is 0 Å². The number of hydrogen-bond donors (Lipinski definition) is 2. The molecule has 0 bridgehead atoms. The van der Waals surface area contributed by atoms with Gasteiger partial charge in [0.15, 0.2) is 0 Å². The number of fused-ring (bicyclic) bond motifs is 3. The summed E-state index contributed by atoms with van der Waals surface area (Å²) in [5, 5.41) is 11.7. The summed E-state index contributed by atoms with van der Waals surface area (Å²) in [5.41, 5.74) is 4.47. The SMILES string of the molecule is CN(CCC(=O)O)C(=O)CC(CC(C)(C)C)NC(=O)OCC1c2ccccc2-c2ccccc21. The fourth-order valence-corrected chi connectivity index (χ4v) is 4.47. The topological polar surface area (TPSA) is 95.9 Å². The molecule has 2 amide bonds. The van der Waals surface area contributed by atoms with E-state index in [1.807, 2.05) is 45.0 Å². The first-order chi connectivity index (χ1) is 16.0. The van der Waals surface area contributed by atoms with E-state index in [1.165, 1.54) is 4.90 Å². The third-order valence-electron chi connectivity index (χ3n) is 6.03. The molecule has 182 valence electrons. The van der Waals surface area contributed by atoms with E-state index in [1.54, 1.807) is 7.05 Å². The van der Waals surface area contributed by atoms with Gasteiger partial charge in [-0.25, -0.2) is 4.79 Å². The molecule has 7 nitrogen and oxygen atoms in total. The zero-order valence-corrected chi connectivity index (χ0v) is 20.3. The van der Waals surface area contributed by atoms with Gasteiger partial charge in [-0.1, -0.05) is 69.3 Å². The lowest BCUT2D eigenvalue weighted by atomic mass is 9.87. The van der Waals surface area contributed by atoms with E-state index in [-0.39, 0.29) is 43.2 Å². The molecule has 0 saturated heterocycles. The summed E-state index contributed by atoms with van der Waals surface area (Å²) in [6.07, 6.45) is -0.0173. The highest BCUT2D eigenvalue weighted by atomic mass is 16.5. The van der Waals surface area contributed by atoms with Gasteiger partial charge in [0.05, 0.1) is 6.42 Å². The molecule has 2 N–H and O–H groups in total. The van der Waals surface area contributed by atoms with Crippen LogP contribution in [0.2, 0.25) is 0 Å². The third-order valence-corrected chi connectivity index (χ3v) is 6.03. The summed E-state index contributed by atoms with van der Waals surface area (Å²) in [5.74, 6) is -1.21. The van der Waals surface area contributed by atoms with Crippen molar-refractivity contribution in [1.29, 1.82) is 0 Å². The maximum Gasteiger partial charge on any atom is 0.407 e. The predicted molar refractivity (Wildman–Crippen MR) is 131 cm³/mol. The highest BCUT2D eigenvalue weighted by Gasteiger charge is 2.30. The van der Waals surface area contributed by atoms with Crippen LogP contribution in [-0.2, 0) is 14.3 Å². The molecule has 3 rings (SSSR count). The molecule has 0 spiro atoms. The Labute approximate surface area is 201 Å². The van der Waals surface area contributed by atoms with Gasteiger partial charge in [-0.3, -0.25) is 9.59 Å². The van der Waals surface area contributed by atoms with Gasteiger partial charge in [-0.15, -0.1) is 0 Å². The number of amides is 2. The number of rotatable bonds is 9. The maximum atomic E-state index is 12.8. The molecule has 0 fully saturated rings. The molecule has 0 aromatic heterocycles. The molecule has 0 heterocycles. The van der Waals surface area contributed by atoms with Crippen molar-refractivity contribution in [3.05, 3.63) is 59.7 Å². The van der Waals surface area contributed by atoms with Crippen molar-refractivity contribution in [3.63, 3.8) is 0 Å². The first-order valence-corrected chi connectivity index (χ1v) is 11.6. The van der Waals surface area contributed by atoms with Crippen molar-refractivity contribution < 1.29 is 24.2 Å². The fourth-order valence-electron chi connectivity index (χ4n) is 4.47. The van der Waals surface area contributed by atoms with Crippen LogP contribution in [0.15, 0.2) is 48.5 Å². The molecule has 1 aliphatic rings. The van der Waals surface area contributed by atoms with Gasteiger partial charge in [0, 0.05) is 32.0 Å². The Balaban J connectivity index is 1.63. The van der Waals surface area contributed by atoms with Crippen molar-refractivity contribution in [2.24, 2.45) is 5.41 Å². The Morgan fingerprint density at radius 1 is 1.03 bits per heavy atom. The standard InChI is InChI=1S/C27H34N2O5/c1-27(2,3)16-18(15-24(30)29(4)14-13-25(31)32)28-26(33)34-17-23-21-11-7-5-9-19(21)20-10-6-8-12-22(20)23/h5-12,18,23H,13-17H2,1-4H3,(H,28,33)(H,31,32).